The Morgan fingerprint density at radius 3 is 2.61 bits per heavy atom. The zero-order valence-corrected chi connectivity index (χ0v) is 10.9. The van der Waals surface area contributed by atoms with Gasteiger partial charge in [0.05, 0.1) is 6.61 Å². The van der Waals surface area contributed by atoms with E-state index in [2.05, 4.69) is 24.5 Å². The van der Waals surface area contributed by atoms with E-state index in [9.17, 15) is 9.59 Å². The maximum absolute atomic E-state index is 11.6. The second-order valence-electron chi connectivity index (χ2n) is 5.65. The van der Waals surface area contributed by atoms with E-state index in [4.69, 9.17) is 10.2 Å². The molecule has 0 saturated heterocycles. The third-order valence-electron chi connectivity index (χ3n) is 3.33. The Kier molecular flexibility index (Phi) is 4.95. The van der Waals surface area contributed by atoms with Gasteiger partial charge in [0.25, 0.3) is 0 Å². The van der Waals surface area contributed by atoms with Gasteiger partial charge in [0.2, 0.25) is 0 Å². The summed E-state index contributed by atoms with van der Waals surface area (Å²) in [5.41, 5.74) is 0.208. The number of amides is 2. The maximum Gasteiger partial charge on any atom is 0.328 e. The molecule has 0 aromatic heterocycles. The van der Waals surface area contributed by atoms with Crippen molar-refractivity contribution in [2.75, 3.05) is 6.61 Å². The zero-order valence-electron chi connectivity index (χ0n) is 10.9. The first kappa shape index (κ1) is 14.8. The van der Waals surface area contributed by atoms with E-state index in [0.29, 0.717) is 0 Å². The molecule has 0 aromatic rings. The van der Waals surface area contributed by atoms with Crippen LogP contribution in [0.3, 0.4) is 0 Å². The molecule has 2 amide bonds. The number of aliphatic carboxylic acids is 1. The van der Waals surface area contributed by atoms with Crippen LogP contribution in [0.5, 0.6) is 0 Å². The summed E-state index contributed by atoms with van der Waals surface area (Å²) in [7, 11) is 0. The fourth-order valence-corrected chi connectivity index (χ4v) is 2.39. The number of urea groups is 1. The Morgan fingerprint density at radius 2 is 2.11 bits per heavy atom. The first-order chi connectivity index (χ1) is 8.34. The second-order valence-corrected chi connectivity index (χ2v) is 5.65. The Bertz CT molecular complexity index is 317. The summed E-state index contributed by atoms with van der Waals surface area (Å²) in [6.45, 7) is 3.71. The molecule has 4 N–H and O–H groups in total. The van der Waals surface area contributed by atoms with Crippen LogP contribution in [-0.4, -0.2) is 40.9 Å². The average molecular weight is 258 g/mol. The molecule has 0 radical (unpaired) electrons. The van der Waals surface area contributed by atoms with Gasteiger partial charge < -0.3 is 20.8 Å². The van der Waals surface area contributed by atoms with Crippen molar-refractivity contribution >= 4 is 12.0 Å². The van der Waals surface area contributed by atoms with E-state index in [1.807, 2.05) is 0 Å². The summed E-state index contributed by atoms with van der Waals surface area (Å²) in [5.74, 6) is -1.24. The number of nitrogens with one attached hydrogen (secondary N) is 2. The Morgan fingerprint density at radius 1 is 1.44 bits per heavy atom. The van der Waals surface area contributed by atoms with Gasteiger partial charge in [-0.3, -0.25) is 0 Å². The molecule has 2 unspecified atom stereocenters. The van der Waals surface area contributed by atoms with E-state index in [0.717, 1.165) is 25.7 Å². The molecule has 0 spiro atoms. The summed E-state index contributed by atoms with van der Waals surface area (Å²) in [5, 5.41) is 22.5. The van der Waals surface area contributed by atoms with Gasteiger partial charge in [-0.15, -0.1) is 0 Å². The standard InChI is InChI=1S/C12H22N2O4/c1-12(2)5-3-4-8(6-12)13-11(18)14-9(7-15)10(16)17/h8-9,15H,3-7H2,1-2H3,(H,16,17)(H2,13,14,18). The Balaban J connectivity index is 2.42. The third-order valence-corrected chi connectivity index (χ3v) is 3.33. The minimum Gasteiger partial charge on any atom is -0.480 e. The first-order valence-corrected chi connectivity index (χ1v) is 6.25. The van der Waals surface area contributed by atoms with Crippen LogP contribution in [0, 0.1) is 5.41 Å². The highest BCUT2D eigenvalue weighted by Gasteiger charge is 2.29. The molecule has 1 saturated carbocycles. The highest BCUT2D eigenvalue weighted by molar-refractivity contribution is 5.82. The smallest absolute Gasteiger partial charge is 0.328 e. The van der Waals surface area contributed by atoms with Crippen LogP contribution in [0.1, 0.15) is 39.5 Å². The third kappa shape index (κ3) is 4.52. The average Bonchev–Trinajstić information content (AvgIpc) is 2.23. The van der Waals surface area contributed by atoms with Crippen molar-refractivity contribution in [3.8, 4) is 0 Å². The summed E-state index contributed by atoms with van der Waals surface area (Å²) in [4.78, 5) is 22.3. The number of hydrogen-bond donors (Lipinski definition) is 4. The lowest BCUT2D eigenvalue weighted by Crippen LogP contribution is -2.51. The number of rotatable bonds is 4. The predicted octanol–water partition coefficient (Wildman–Crippen LogP) is 0.700. The SMILES string of the molecule is CC1(C)CCCC(NC(=O)NC(CO)C(=O)O)C1. The fourth-order valence-electron chi connectivity index (χ4n) is 2.39. The first-order valence-electron chi connectivity index (χ1n) is 6.25. The molecule has 1 aliphatic rings. The molecule has 1 rings (SSSR count). The van der Waals surface area contributed by atoms with Gasteiger partial charge in [0.15, 0.2) is 6.04 Å². The van der Waals surface area contributed by atoms with Gasteiger partial charge in [-0.1, -0.05) is 20.3 Å². The van der Waals surface area contributed by atoms with Crippen LogP contribution in [-0.2, 0) is 4.79 Å². The molecule has 0 heterocycles. The quantitative estimate of drug-likeness (QED) is 0.596. The van der Waals surface area contributed by atoms with E-state index >= 15 is 0 Å². The van der Waals surface area contributed by atoms with Crippen LogP contribution < -0.4 is 10.6 Å². The number of carboxylic acids is 1. The predicted molar refractivity (Wildman–Crippen MR) is 66.2 cm³/mol. The molecule has 2 atom stereocenters. The molecule has 0 bridgehead atoms. The molecule has 6 nitrogen and oxygen atoms in total. The van der Waals surface area contributed by atoms with Crippen molar-refractivity contribution < 1.29 is 19.8 Å². The monoisotopic (exact) mass is 258 g/mol. The molecule has 1 fully saturated rings. The molecule has 6 heteroatoms. The normalized spacial score (nSPS) is 24.1. The van der Waals surface area contributed by atoms with Crippen LogP contribution >= 0.6 is 0 Å². The highest BCUT2D eigenvalue weighted by Crippen LogP contribution is 2.34. The molecule has 0 aromatic carbocycles. The van der Waals surface area contributed by atoms with E-state index in [-0.39, 0.29) is 11.5 Å². The van der Waals surface area contributed by atoms with Crippen LogP contribution in [0.2, 0.25) is 0 Å². The number of hydrogen-bond acceptors (Lipinski definition) is 3. The second kappa shape index (κ2) is 6.04. The van der Waals surface area contributed by atoms with Crippen LogP contribution in [0.4, 0.5) is 4.79 Å². The minimum absolute atomic E-state index is 0.0712. The molecular formula is C12H22N2O4. The van der Waals surface area contributed by atoms with Crippen molar-refractivity contribution in [2.45, 2.75) is 51.6 Å². The van der Waals surface area contributed by atoms with Gasteiger partial charge in [0.1, 0.15) is 0 Å². The number of carbonyl (C=O) groups is 2. The van der Waals surface area contributed by atoms with Gasteiger partial charge >= 0.3 is 12.0 Å². The molecule has 0 aliphatic heterocycles. The Labute approximate surface area is 107 Å². The lowest BCUT2D eigenvalue weighted by atomic mass is 9.75. The van der Waals surface area contributed by atoms with Crippen molar-refractivity contribution in [1.82, 2.24) is 10.6 Å². The van der Waals surface area contributed by atoms with E-state index < -0.39 is 24.6 Å². The lowest BCUT2D eigenvalue weighted by Gasteiger charge is -2.35. The van der Waals surface area contributed by atoms with Crippen molar-refractivity contribution in [3.63, 3.8) is 0 Å². The van der Waals surface area contributed by atoms with Crippen molar-refractivity contribution in [2.24, 2.45) is 5.41 Å². The van der Waals surface area contributed by atoms with Gasteiger partial charge in [-0.2, -0.15) is 0 Å². The van der Waals surface area contributed by atoms with E-state index in [1.165, 1.54) is 0 Å². The molecule has 104 valence electrons. The Hall–Kier alpha value is -1.30. The molecular weight excluding hydrogens is 236 g/mol. The summed E-state index contributed by atoms with van der Waals surface area (Å²) >= 11 is 0. The van der Waals surface area contributed by atoms with Crippen LogP contribution in [0.15, 0.2) is 0 Å². The van der Waals surface area contributed by atoms with Gasteiger partial charge in [-0.05, 0) is 24.7 Å². The topological polar surface area (TPSA) is 98.7 Å². The summed E-state index contributed by atoms with van der Waals surface area (Å²) < 4.78 is 0. The fraction of sp³-hybridized carbons (Fsp3) is 0.833. The number of aliphatic hydroxyl groups excluding tert-OH is 1. The highest BCUT2D eigenvalue weighted by atomic mass is 16.4. The van der Waals surface area contributed by atoms with Gasteiger partial charge in [0, 0.05) is 6.04 Å². The van der Waals surface area contributed by atoms with Crippen LogP contribution in [0.25, 0.3) is 0 Å². The number of carboxylic acid groups (broad SMARTS) is 1. The van der Waals surface area contributed by atoms with E-state index in [1.54, 1.807) is 0 Å². The van der Waals surface area contributed by atoms with Gasteiger partial charge in [-0.25, -0.2) is 9.59 Å². The number of aliphatic hydroxyl groups is 1. The van der Waals surface area contributed by atoms with Crippen molar-refractivity contribution in [3.05, 3.63) is 0 Å². The number of carbonyl (C=O) groups excluding carboxylic acids is 1. The summed E-state index contributed by atoms with van der Waals surface area (Å²) in [6, 6.07) is -1.71. The molecule has 18 heavy (non-hydrogen) atoms. The zero-order chi connectivity index (χ0) is 13.8. The maximum atomic E-state index is 11.6. The van der Waals surface area contributed by atoms with Crippen molar-refractivity contribution in [1.29, 1.82) is 0 Å². The molecule has 1 aliphatic carbocycles. The largest absolute Gasteiger partial charge is 0.480 e. The lowest BCUT2D eigenvalue weighted by molar-refractivity contribution is -0.140. The minimum atomic E-state index is -1.25. The summed E-state index contributed by atoms with van der Waals surface area (Å²) in [6.07, 6.45) is 3.99.